The number of hydrogen-bond acceptors (Lipinski definition) is 5. The molecule has 4 rings (SSSR count). The molecule has 3 N–H and O–H groups in total. The van der Waals surface area contributed by atoms with Gasteiger partial charge in [0.25, 0.3) is 5.91 Å². The highest BCUT2D eigenvalue weighted by Crippen LogP contribution is 2.40. The Bertz CT molecular complexity index is 1190. The van der Waals surface area contributed by atoms with Crippen molar-refractivity contribution in [3.8, 4) is 5.75 Å². The van der Waals surface area contributed by atoms with Crippen LogP contribution in [-0.4, -0.2) is 42.0 Å². The first-order valence-corrected chi connectivity index (χ1v) is 11.0. The lowest BCUT2D eigenvalue weighted by Crippen LogP contribution is -2.37. The van der Waals surface area contributed by atoms with E-state index >= 15 is 0 Å². The normalized spacial score (nSPS) is 15.2. The molecule has 1 aliphatic heterocycles. The second-order valence-corrected chi connectivity index (χ2v) is 8.68. The van der Waals surface area contributed by atoms with Crippen molar-refractivity contribution in [2.45, 2.75) is 38.6 Å². The zero-order chi connectivity index (χ0) is 23.7. The lowest BCUT2D eigenvalue weighted by molar-refractivity contribution is 0.100. The summed E-state index contributed by atoms with van der Waals surface area (Å²) in [4.78, 5) is 19.0. The third-order valence-electron chi connectivity index (χ3n) is 6.38. The van der Waals surface area contributed by atoms with Gasteiger partial charge < -0.3 is 20.7 Å². The van der Waals surface area contributed by atoms with Gasteiger partial charge in [0.05, 0.1) is 29.6 Å². The van der Waals surface area contributed by atoms with Crippen LogP contribution >= 0.6 is 0 Å². The number of nitrogens with zero attached hydrogens (tertiary/aromatic N) is 2. The van der Waals surface area contributed by atoms with E-state index in [1.165, 1.54) is 12.3 Å². The first kappa shape index (κ1) is 22.9. The zero-order valence-corrected chi connectivity index (χ0v) is 19.0. The average Bonchev–Trinajstić information content (AvgIpc) is 2.79. The molecule has 2 heterocycles. The minimum Gasteiger partial charge on any atom is -0.496 e. The molecule has 1 saturated heterocycles. The molecule has 174 valence electrons. The number of primary amides is 1. The summed E-state index contributed by atoms with van der Waals surface area (Å²) < 4.78 is 33.5. The summed E-state index contributed by atoms with van der Waals surface area (Å²) in [7, 11) is 1.62. The minimum atomic E-state index is -0.773. The maximum absolute atomic E-state index is 14.4. The maximum Gasteiger partial charge on any atom is 0.252 e. The number of pyridine rings is 1. The molecule has 1 fully saturated rings. The number of carbonyl (C=O) groups is 1. The second-order valence-electron chi connectivity index (χ2n) is 8.68. The van der Waals surface area contributed by atoms with Crippen LogP contribution in [0.5, 0.6) is 5.75 Å². The third-order valence-corrected chi connectivity index (χ3v) is 6.38. The van der Waals surface area contributed by atoms with E-state index in [1.54, 1.807) is 7.11 Å². The van der Waals surface area contributed by atoms with E-state index < -0.39 is 17.5 Å². The molecule has 1 amide bonds. The van der Waals surface area contributed by atoms with Gasteiger partial charge in [0, 0.05) is 29.8 Å². The lowest BCUT2D eigenvalue weighted by Gasteiger charge is -2.35. The van der Waals surface area contributed by atoms with E-state index in [1.807, 2.05) is 12.1 Å². The van der Waals surface area contributed by atoms with Crippen molar-refractivity contribution < 1.29 is 18.3 Å². The Labute approximate surface area is 191 Å². The SMILES string of the molecule is COc1cc2ncc(C(N)=O)c(Nc3ccc(F)cc3F)c2cc1C1CCN(C(C)C)CC1. The average molecular weight is 455 g/mol. The summed E-state index contributed by atoms with van der Waals surface area (Å²) in [5, 5.41) is 3.57. The Hall–Kier alpha value is -3.26. The van der Waals surface area contributed by atoms with Crippen LogP contribution in [0.4, 0.5) is 20.2 Å². The second kappa shape index (κ2) is 9.31. The first-order chi connectivity index (χ1) is 15.8. The molecule has 2 aromatic carbocycles. The molecular formula is C25H28F2N4O2. The van der Waals surface area contributed by atoms with Crippen LogP contribution in [0.1, 0.15) is 48.5 Å². The highest BCUT2D eigenvalue weighted by molar-refractivity contribution is 6.07. The number of hydrogen-bond donors (Lipinski definition) is 2. The fraction of sp³-hybridized carbons (Fsp3) is 0.360. The number of aromatic nitrogens is 1. The molecule has 0 atom stereocenters. The predicted octanol–water partition coefficient (Wildman–Crippen LogP) is 4.95. The van der Waals surface area contributed by atoms with Crippen molar-refractivity contribution in [3.05, 3.63) is 59.3 Å². The van der Waals surface area contributed by atoms with Gasteiger partial charge in [0.1, 0.15) is 17.4 Å². The molecule has 0 spiro atoms. The number of benzene rings is 2. The van der Waals surface area contributed by atoms with Crippen LogP contribution in [0.15, 0.2) is 36.5 Å². The van der Waals surface area contributed by atoms with Crippen LogP contribution in [0, 0.1) is 11.6 Å². The highest BCUT2D eigenvalue weighted by Gasteiger charge is 2.26. The molecule has 1 aromatic heterocycles. The van der Waals surface area contributed by atoms with Gasteiger partial charge in [-0.1, -0.05) is 0 Å². The van der Waals surface area contributed by atoms with Crippen molar-refractivity contribution in [3.63, 3.8) is 0 Å². The van der Waals surface area contributed by atoms with E-state index in [-0.39, 0.29) is 17.2 Å². The highest BCUT2D eigenvalue weighted by atomic mass is 19.1. The van der Waals surface area contributed by atoms with E-state index in [4.69, 9.17) is 10.5 Å². The van der Waals surface area contributed by atoms with Crippen molar-refractivity contribution in [2.75, 3.05) is 25.5 Å². The van der Waals surface area contributed by atoms with Gasteiger partial charge in [-0.05, 0) is 69.5 Å². The number of piperidine rings is 1. The fourth-order valence-corrected chi connectivity index (χ4v) is 4.51. The van der Waals surface area contributed by atoms with Crippen molar-refractivity contribution in [1.82, 2.24) is 9.88 Å². The summed E-state index contributed by atoms with van der Waals surface area (Å²) in [6, 6.07) is 7.49. The van der Waals surface area contributed by atoms with Crippen LogP contribution in [-0.2, 0) is 0 Å². The molecule has 3 aromatic rings. The molecule has 0 radical (unpaired) electrons. The van der Waals surface area contributed by atoms with Crippen LogP contribution < -0.4 is 15.8 Å². The van der Waals surface area contributed by atoms with E-state index in [0.29, 0.717) is 22.6 Å². The summed E-state index contributed by atoms with van der Waals surface area (Å²) >= 11 is 0. The molecule has 6 nitrogen and oxygen atoms in total. The number of nitrogens with one attached hydrogen (secondary N) is 1. The fourth-order valence-electron chi connectivity index (χ4n) is 4.51. The monoisotopic (exact) mass is 454 g/mol. The smallest absolute Gasteiger partial charge is 0.252 e. The summed E-state index contributed by atoms with van der Waals surface area (Å²) in [6.45, 7) is 6.35. The quantitative estimate of drug-likeness (QED) is 0.551. The molecule has 0 unspecified atom stereocenters. The topological polar surface area (TPSA) is 80.5 Å². The number of ether oxygens (including phenoxy) is 1. The van der Waals surface area contributed by atoms with Gasteiger partial charge in [-0.2, -0.15) is 0 Å². The zero-order valence-electron chi connectivity index (χ0n) is 19.0. The molecule has 0 bridgehead atoms. The molecule has 33 heavy (non-hydrogen) atoms. The number of halogens is 2. The van der Waals surface area contributed by atoms with Gasteiger partial charge in [-0.3, -0.25) is 9.78 Å². The third kappa shape index (κ3) is 4.61. The summed E-state index contributed by atoms with van der Waals surface area (Å²) in [6.07, 6.45) is 3.30. The van der Waals surface area contributed by atoms with E-state index in [9.17, 15) is 13.6 Å². The molecule has 0 aliphatic carbocycles. The number of rotatable bonds is 6. The van der Waals surface area contributed by atoms with Crippen molar-refractivity contribution in [1.29, 1.82) is 0 Å². The minimum absolute atomic E-state index is 0.0361. The molecule has 8 heteroatoms. The van der Waals surface area contributed by atoms with Crippen LogP contribution in [0.25, 0.3) is 10.9 Å². The Morgan fingerprint density at radius 1 is 1.21 bits per heavy atom. The van der Waals surface area contributed by atoms with Crippen LogP contribution in [0.3, 0.4) is 0 Å². The first-order valence-electron chi connectivity index (χ1n) is 11.0. The number of fused-ring (bicyclic) bond motifs is 1. The van der Waals surface area contributed by atoms with Gasteiger partial charge in [-0.25, -0.2) is 8.78 Å². The van der Waals surface area contributed by atoms with Crippen molar-refractivity contribution in [2.24, 2.45) is 5.73 Å². The Morgan fingerprint density at radius 2 is 1.94 bits per heavy atom. The summed E-state index contributed by atoms with van der Waals surface area (Å²) in [5.41, 5.74) is 7.68. The number of likely N-dealkylation sites (tertiary alicyclic amines) is 1. The van der Waals surface area contributed by atoms with Gasteiger partial charge in [0.15, 0.2) is 0 Å². The number of methoxy groups -OCH3 is 1. The van der Waals surface area contributed by atoms with E-state index in [0.717, 1.165) is 49.4 Å². The largest absolute Gasteiger partial charge is 0.496 e. The maximum atomic E-state index is 14.4. The van der Waals surface area contributed by atoms with Gasteiger partial charge in [0.2, 0.25) is 0 Å². The van der Waals surface area contributed by atoms with E-state index in [2.05, 4.69) is 29.0 Å². The number of carbonyl (C=O) groups excluding carboxylic acids is 1. The summed E-state index contributed by atoms with van der Waals surface area (Å²) in [5.74, 6) is -1.16. The van der Waals surface area contributed by atoms with Crippen molar-refractivity contribution >= 4 is 28.2 Å². The van der Waals surface area contributed by atoms with Gasteiger partial charge in [-0.15, -0.1) is 0 Å². The molecular weight excluding hydrogens is 426 g/mol. The van der Waals surface area contributed by atoms with Gasteiger partial charge >= 0.3 is 0 Å². The number of amides is 1. The molecule has 0 saturated carbocycles. The Kier molecular flexibility index (Phi) is 6.47. The predicted molar refractivity (Wildman–Crippen MR) is 125 cm³/mol. The standard InChI is InChI=1S/C25H28F2N4O2/c1-14(2)31-8-6-15(7-9-31)17-11-18-22(12-23(17)33-3)29-13-19(25(28)32)24(18)30-21-5-4-16(26)10-20(21)27/h4-5,10-15H,6-9H2,1-3H3,(H2,28,32)(H,29,30). The Balaban J connectivity index is 1.82. The number of nitrogens with two attached hydrogens (primary N) is 1. The molecule has 1 aliphatic rings. The lowest BCUT2D eigenvalue weighted by atomic mass is 9.87. The van der Waals surface area contributed by atoms with Crippen LogP contribution in [0.2, 0.25) is 0 Å². The number of anilines is 2. The Morgan fingerprint density at radius 3 is 2.55 bits per heavy atom.